The average molecular weight is 270 g/mol. The van der Waals surface area contributed by atoms with Crippen LogP contribution in [0.3, 0.4) is 0 Å². The number of nitrogens with zero attached hydrogens (tertiary/aromatic N) is 1. The Kier molecular flexibility index (Phi) is 4.97. The van der Waals surface area contributed by atoms with Crippen molar-refractivity contribution in [3.8, 4) is 0 Å². The molecule has 98 valence electrons. The van der Waals surface area contributed by atoms with Gasteiger partial charge < -0.3 is 16.3 Å². The van der Waals surface area contributed by atoms with Crippen LogP contribution in [0.5, 0.6) is 0 Å². The summed E-state index contributed by atoms with van der Waals surface area (Å²) in [7, 11) is 0. The minimum absolute atomic E-state index is 0.0957. The Morgan fingerprint density at radius 1 is 1.61 bits per heavy atom. The molecule has 0 fully saturated rings. The van der Waals surface area contributed by atoms with Crippen LogP contribution in [0.1, 0.15) is 18.9 Å². The number of halogens is 1. The summed E-state index contributed by atoms with van der Waals surface area (Å²) in [6.45, 7) is 3.63. The number of hydrogen-bond donors (Lipinski definition) is 3. The first kappa shape index (κ1) is 14.3. The van der Waals surface area contributed by atoms with E-state index in [1.165, 1.54) is 0 Å². The van der Waals surface area contributed by atoms with Gasteiger partial charge >= 0.3 is 0 Å². The Hall–Kier alpha value is -1.75. The van der Waals surface area contributed by atoms with Crippen LogP contribution in [0.2, 0.25) is 5.02 Å². The molecule has 1 aromatic rings. The third-order valence-electron chi connectivity index (χ3n) is 2.64. The largest absolute Gasteiger partial charge is 0.409 e. The number of hydrogen-bond acceptors (Lipinski definition) is 3. The summed E-state index contributed by atoms with van der Waals surface area (Å²) in [4.78, 5) is 12.0. The Balaban J connectivity index is 2.86. The average Bonchev–Trinajstić information content (AvgIpc) is 2.33. The number of carbonyl (C=O) groups is 1. The van der Waals surface area contributed by atoms with Crippen LogP contribution in [-0.2, 0) is 4.79 Å². The Morgan fingerprint density at radius 2 is 2.28 bits per heavy atom. The molecule has 0 bridgehead atoms. The van der Waals surface area contributed by atoms with E-state index in [1.807, 2.05) is 6.92 Å². The van der Waals surface area contributed by atoms with Crippen molar-refractivity contribution in [3.05, 3.63) is 28.8 Å². The van der Waals surface area contributed by atoms with E-state index in [4.69, 9.17) is 22.5 Å². The lowest BCUT2D eigenvalue weighted by Gasteiger charge is -2.14. The highest BCUT2D eigenvalue weighted by atomic mass is 35.5. The van der Waals surface area contributed by atoms with E-state index in [2.05, 4.69) is 10.5 Å². The first-order chi connectivity index (χ1) is 8.49. The third-order valence-corrected chi connectivity index (χ3v) is 2.88. The van der Waals surface area contributed by atoms with Gasteiger partial charge in [-0.25, -0.2) is 0 Å². The lowest BCUT2D eigenvalue weighted by molar-refractivity contribution is -0.118. The van der Waals surface area contributed by atoms with E-state index < -0.39 is 5.92 Å². The molecule has 5 nitrogen and oxygen atoms in total. The molecule has 1 atom stereocenters. The molecular weight excluding hydrogens is 254 g/mol. The fraction of sp³-hybridized carbons (Fsp3) is 0.333. The van der Waals surface area contributed by atoms with Gasteiger partial charge in [0, 0.05) is 10.7 Å². The van der Waals surface area contributed by atoms with Crippen molar-refractivity contribution in [2.24, 2.45) is 16.8 Å². The van der Waals surface area contributed by atoms with E-state index in [1.54, 1.807) is 25.1 Å². The lowest BCUT2D eigenvalue weighted by Crippen LogP contribution is -2.34. The number of carbonyl (C=O) groups excluding carboxylic acids is 1. The van der Waals surface area contributed by atoms with Crippen molar-refractivity contribution in [1.82, 2.24) is 0 Å². The number of benzene rings is 1. The summed E-state index contributed by atoms with van der Waals surface area (Å²) in [6.07, 6.45) is 0.453. The first-order valence-corrected chi connectivity index (χ1v) is 5.91. The second kappa shape index (κ2) is 6.26. The van der Waals surface area contributed by atoms with E-state index in [0.29, 0.717) is 17.1 Å². The van der Waals surface area contributed by atoms with Crippen molar-refractivity contribution in [2.45, 2.75) is 20.3 Å². The highest BCUT2D eigenvalue weighted by Crippen LogP contribution is 2.20. The van der Waals surface area contributed by atoms with Gasteiger partial charge in [-0.15, -0.1) is 0 Å². The molecule has 1 amide bonds. The molecule has 0 aliphatic rings. The maximum absolute atomic E-state index is 12.0. The molecule has 1 unspecified atom stereocenters. The fourth-order valence-electron chi connectivity index (χ4n) is 1.59. The molecule has 0 saturated heterocycles. The van der Waals surface area contributed by atoms with Gasteiger partial charge in [-0.2, -0.15) is 0 Å². The number of amidine groups is 1. The minimum Gasteiger partial charge on any atom is -0.409 e. The van der Waals surface area contributed by atoms with Gasteiger partial charge in [-0.3, -0.25) is 4.79 Å². The van der Waals surface area contributed by atoms with Crippen molar-refractivity contribution in [3.63, 3.8) is 0 Å². The van der Waals surface area contributed by atoms with Gasteiger partial charge in [0.15, 0.2) is 5.84 Å². The van der Waals surface area contributed by atoms with Crippen LogP contribution in [0.15, 0.2) is 23.4 Å². The first-order valence-electron chi connectivity index (χ1n) is 5.54. The molecule has 4 N–H and O–H groups in total. The van der Waals surface area contributed by atoms with Crippen LogP contribution in [0, 0.1) is 12.8 Å². The molecule has 0 saturated carbocycles. The van der Waals surface area contributed by atoms with E-state index >= 15 is 0 Å². The van der Waals surface area contributed by atoms with Crippen LogP contribution in [-0.4, -0.2) is 17.0 Å². The zero-order chi connectivity index (χ0) is 13.7. The number of nitrogens with one attached hydrogen (secondary N) is 1. The van der Waals surface area contributed by atoms with E-state index in [0.717, 1.165) is 5.56 Å². The molecule has 0 spiro atoms. The Morgan fingerprint density at radius 3 is 2.78 bits per heavy atom. The predicted octanol–water partition coefficient (Wildman–Crippen LogP) is 2.36. The Bertz CT molecular complexity index is 474. The van der Waals surface area contributed by atoms with Gasteiger partial charge in [0.05, 0.1) is 5.92 Å². The summed E-state index contributed by atoms with van der Waals surface area (Å²) in [6, 6.07) is 5.16. The molecule has 0 radical (unpaired) electrons. The number of amides is 1. The number of aryl methyl sites for hydroxylation is 1. The van der Waals surface area contributed by atoms with Crippen molar-refractivity contribution >= 4 is 29.0 Å². The number of nitrogens with two attached hydrogens (primary N) is 1. The molecule has 0 aliphatic carbocycles. The molecule has 0 heterocycles. The maximum Gasteiger partial charge on any atom is 0.235 e. The second-order valence-corrected chi connectivity index (χ2v) is 4.37. The van der Waals surface area contributed by atoms with Crippen LogP contribution in [0.4, 0.5) is 5.69 Å². The Labute approximate surface area is 111 Å². The standard InChI is InChI=1S/C12H16ClN3O2/c1-3-9(11(14)16-18)12(17)15-10-5-4-8(13)6-7(10)2/h4-6,9,18H,3H2,1-2H3,(H2,14,16)(H,15,17). The van der Waals surface area contributed by atoms with Gasteiger partial charge in [0.25, 0.3) is 0 Å². The van der Waals surface area contributed by atoms with Crippen molar-refractivity contribution < 1.29 is 10.0 Å². The van der Waals surface area contributed by atoms with Crippen molar-refractivity contribution in [1.29, 1.82) is 0 Å². The molecule has 0 aliphatic heterocycles. The fourth-order valence-corrected chi connectivity index (χ4v) is 1.81. The smallest absolute Gasteiger partial charge is 0.235 e. The van der Waals surface area contributed by atoms with Gasteiger partial charge in [-0.05, 0) is 37.1 Å². The maximum atomic E-state index is 12.0. The summed E-state index contributed by atoms with van der Waals surface area (Å²) >= 11 is 5.83. The van der Waals surface area contributed by atoms with Crippen molar-refractivity contribution in [2.75, 3.05) is 5.32 Å². The zero-order valence-corrected chi connectivity index (χ0v) is 11.0. The monoisotopic (exact) mass is 269 g/mol. The summed E-state index contributed by atoms with van der Waals surface area (Å²) in [5, 5.41) is 14.8. The van der Waals surface area contributed by atoms with Gasteiger partial charge in [-0.1, -0.05) is 23.7 Å². The van der Waals surface area contributed by atoms with E-state index in [9.17, 15) is 4.79 Å². The zero-order valence-electron chi connectivity index (χ0n) is 10.3. The highest BCUT2D eigenvalue weighted by Gasteiger charge is 2.21. The second-order valence-electron chi connectivity index (χ2n) is 3.93. The lowest BCUT2D eigenvalue weighted by atomic mass is 10.0. The molecule has 1 rings (SSSR count). The number of oxime groups is 1. The summed E-state index contributed by atoms with van der Waals surface area (Å²) in [5.74, 6) is -1.05. The van der Waals surface area contributed by atoms with E-state index in [-0.39, 0.29) is 11.7 Å². The topological polar surface area (TPSA) is 87.7 Å². The third kappa shape index (κ3) is 3.37. The predicted molar refractivity (Wildman–Crippen MR) is 72.0 cm³/mol. The van der Waals surface area contributed by atoms with Crippen LogP contribution < -0.4 is 11.1 Å². The van der Waals surface area contributed by atoms with Crippen LogP contribution in [0.25, 0.3) is 0 Å². The quantitative estimate of drug-likeness (QED) is 0.339. The number of anilines is 1. The molecular formula is C12H16ClN3O2. The molecule has 1 aromatic carbocycles. The van der Waals surface area contributed by atoms with Gasteiger partial charge in [0.1, 0.15) is 0 Å². The molecule has 18 heavy (non-hydrogen) atoms. The molecule has 6 heteroatoms. The van der Waals surface area contributed by atoms with Crippen LogP contribution >= 0.6 is 11.6 Å². The minimum atomic E-state index is -0.648. The molecule has 0 aromatic heterocycles. The normalized spacial score (nSPS) is 13.2. The number of rotatable bonds is 4. The van der Waals surface area contributed by atoms with Gasteiger partial charge in [0.2, 0.25) is 5.91 Å². The SMILES string of the molecule is CCC(C(=O)Nc1ccc(Cl)cc1C)/C(N)=N/O. The summed E-state index contributed by atoms with van der Waals surface area (Å²) in [5.41, 5.74) is 6.98. The summed E-state index contributed by atoms with van der Waals surface area (Å²) < 4.78 is 0. The highest BCUT2D eigenvalue weighted by molar-refractivity contribution is 6.30.